The second kappa shape index (κ2) is 7.40. The number of hydrogen-bond acceptors (Lipinski definition) is 4. The quantitative estimate of drug-likeness (QED) is 0.628. The fraction of sp³-hybridized carbons (Fsp3) is 0.190. The van der Waals surface area contributed by atoms with E-state index in [1.54, 1.807) is 18.2 Å². The van der Waals surface area contributed by atoms with Gasteiger partial charge in [-0.2, -0.15) is 13.2 Å². The van der Waals surface area contributed by atoms with Crippen LogP contribution in [0.15, 0.2) is 48.8 Å². The number of alkyl halides is 3. The van der Waals surface area contributed by atoms with E-state index >= 15 is 0 Å². The molecule has 0 unspecified atom stereocenters. The summed E-state index contributed by atoms with van der Waals surface area (Å²) in [4.78, 5) is 21.6. The van der Waals surface area contributed by atoms with E-state index in [0.29, 0.717) is 41.8 Å². The molecule has 154 valence electrons. The second-order valence-corrected chi connectivity index (χ2v) is 6.90. The molecule has 0 radical (unpaired) electrons. The van der Waals surface area contributed by atoms with E-state index in [-0.39, 0.29) is 17.5 Å². The number of halogens is 4. The van der Waals surface area contributed by atoms with Gasteiger partial charge in [0.05, 0.1) is 16.8 Å². The highest BCUT2D eigenvalue weighted by Crippen LogP contribution is 2.36. The van der Waals surface area contributed by atoms with Gasteiger partial charge in [-0.05, 0) is 47.9 Å². The number of aromatic carboxylic acids is 1. The number of carbonyl (C=O) groups is 1. The van der Waals surface area contributed by atoms with Gasteiger partial charge < -0.3 is 10.0 Å². The lowest BCUT2D eigenvalue weighted by atomic mass is 10.0. The lowest BCUT2D eigenvalue weighted by Gasteiger charge is -2.19. The Labute approximate surface area is 168 Å². The largest absolute Gasteiger partial charge is 0.478 e. The maximum Gasteiger partial charge on any atom is 0.416 e. The van der Waals surface area contributed by atoms with Gasteiger partial charge in [-0.15, -0.1) is 0 Å². The average molecular weight is 417 g/mol. The summed E-state index contributed by atoms with van der Waals surface area (Å²) in [6.07, 6.45) is -2.84. The zero-order valence-electron chi connectivity index (χ0n) is 15.4. The van der Waals surface area contributed by atoms with Crippen LogP contribution in [0.2, 0.25) is 0 Å². The Bertz CT molecular complexity index is 1130. The summed E-state index contributed by atoms with van der Waals surface area (Å²) in [5.41, 5.74) is 1.14. The molecule has 3 aromatic rings. The summed E-state index contributed by atoms with van der Waals surface area (Å²) in [7, 11) is 0. The number of anilines is 2. The van der Waals surface area contributed by atoms with Gasteiger partial charge in [0.25, 0.3) is 0 Å². The number of nitrogens with zero attached hydrogens (tertiary/aromatic N) is 3. The highest BCUT2D eigenvalue weighted by Gasteiger charge is 2.31. The van der Waals surface area contributed by atoms with Crippen LogP contribution < -0.4 is 4.90 Å². The molecule has 1 N–H and O–H groups in total. The van der Waals surface area contributed by atoms with Crippen molar-refractivity contribution >= 4 is 17.5 Å². The van der Waals surface area contributed by atoms with Crippen LogP contribution in [0.1, 0.15) is 32.7 Å². The molecule has 2 aromatic carbocycles. The van der Waals surface area contributed by atoms with Crippen LogP contribution in [-0.2, 0) is 19.0 Å². The summed E-state index contributed by atoms with van der Waals surface area (Å²) in [5.74, 6) is -1.49. The third kappa shape index (κ3) is 3.83. The van der Waals surface area contributed by atoms with Gasteiger partial charge >= 0.3 is 12.1 Å². The maximum absolute atomic E-state index is 13.7. The predicted octanol–water partition coefficient (Wildman–Crippen LogP) is 4.62. The van der Waals surface area contributed by atoms with Crippen molar-refractivity contribution in [2.75, 3.05) is 11.4 Å². The highest BCUT2D eigenvalue weighted by molar-refractivity contribution is 5.92. The van der Waals surface area contributed by atoms with Crippen molar-refractivity contribution in [3.05, 3.63) is 82.6 Å². The second-order valence-electron chi connectivity index (χ2n) is 6.90. The number of hydrogen-bond donors (Lipinski definition) is 1. The third-order valence-corrected chi connectivity index (χ3v) is 4.91. The number of fused-ring (bicyclic) bond motifs is 1. The van der Waals surface area contributed by atoms with Gasteiger partial charge in [-0.3, -0.25) is 0 Å². The predicted molar refractivity (Wildman–Crippen MR) is 100 cm³/mol. The number of aromatic nitrogens is 2. The number of benzene rings is 2. The molecule has 0 amide bonds. The minimum atomic E-state index is -4.64. The normalized spacial score (nSPS) is 13.4. The van der Waals surface area contributed by atoms with Gasteiger partial charge in [0.15, 0.2) is 0 Å². The van der Waals surface area contributed by atoms with Crippen molar-refractivity contribution in [3.8, 4) is 0 Å². The molecule has 5 nitrogen and oxygen atoms in total. The van der Waals surface area contributed by atoms with Crippen LogP contribution in [0.5, 0.6) is 0 Å². The van der Waals surface area contributed by atoms with E-state index in [1.165, 1.54) is 12.4 Å². The fourth-order valence-electron chi connectivity index (χ4n) is 3.63. The molecule has 1 aliphatic rings. The number of rotatable bonds is 4. The van der Waals surface area contributed by atoms with Crippen LogP contribution in [0.4, 0.5) is 29.1 Å². The smallest absolute Gasteiger partial charge is 0.416 e. The Morgan fingerprint density at radius 2 is 1.93 bits per heavy atom. The molecular weight excluding hydrogens is 402 g/mol. The number of carboxylic acid groups (broad SMARTS) is 1. The SMILES string of the molecule is O=C(O)c1cccc2c1CCN2c1cc(Cc2cc(F)cc(C(F)(F)F)c2)ncn1. The van der Waals surface area contributed by atoms with E-state index in [2.05, 4.69) is 9.97 Å². The van der Waals surface area contributed by atoms with Gasteiger partial charge in [0, 0.05) is 24.7 Å². The zero-order chi connectivity index (χ0) is 21.5. The Morgan fingerprint density at radius 3 is 2.67 bits per heavy atom. The van der Waals surface area contributed by atoms with Gasteiger partial charge in [-0.1, -0.05) is 6.07 Å². The molecule has 30 heavy (non-hydrogen) atoms. The van der Waals surface area contributed by atoms with Crippen molar-refractivity contribution < 1.29 is 27.5 Å². The summed E-state index contributed by atoms with van der Waals surface area (Å²) in [6.45, 7) is 0.508. The number of carboxylic acids is 1. The molecule has 1 aromatic heterocycles. The van der Waals surface area contributed by atoms with E-state index < -0.39 is 23.5 Å². The molecule has 0 aliphatic carbocycles. The van der Waals surface area contributed by atoms with Crippen molar-refractivity contribution in [1.82, 2.24) is 9.97 Å². The van der Waals surface area contributed by atoms with Crippen molar-refractivity contribution in [3.63, 3.8) is 0 Å². The summed E-state index contributed by atoms with van der Waals surface area (Å²) in [5, 5.41) is 9.36. The summed E-state index contributed by atoms with van der Waals surface area (Å²) < 4.78 is 52.5. The fourth-order valence-corrected chi connectivity index (χ4v) is 3.63. The Kier molecular flexibility index (Phi) is 4.89. The summed E-state index contributed by atoms with van der Waals surface area (Å²) >= 11 is 0. The Hall–Kier alpha value is -3.49. The first kappa shape index (κ1) is 19.8. The molecule has 4 rings (SSSR count). The van der Waals surface area contributed by atoms with E-state index in [1.807, 2.05) is 4.90 Å². The first-order valence-corrected chi connectivity index (χ1v) is 9.02. The molecule has 0 saturated carbocycles. The topological polar surface area (TPSA) is 66.3 Å². The molecular formula is C21H15F4N3O2. The Balaban J connectivity index is 1.64. The van der Waals surface area contributed by atoms with Crippen LogP contribution in [-0.4, -0.2) is 27.6 Å². The molecule has 0 atom stereocenters. The van der Waals surface area contributed by atoms with Crippen molar-refractivity contribution in [2.45, 2.75) is 19.0 Å². The zero-order valence-corrected chi connectivity index (χ0v) is 15.4. The molecule has 1 aliphatic heterocycles. The molecule has 9 heteroatoms. The van der Waals surface area contributed by atoms with E-state index in [9.17, 15) is 27.5 Å². The molecule has 0 bridgehead atoms. The minimum absolute atomic E-state index is 0.00772. The van der Waals surface area contributed by atoms with Crippen molar-refractivity contribution in [1.29, 1.82) is 0 Å². The highest BCUT2D eigenvalue weighted by atomic mass is 19.4. The molecule has 0 fully saturated rings. The first-order chi connectivity index (χ1) is 14.2. The monoisotopic (exact) mass is 417 g/mol. The van der Waals surface area contributed by atoms with Gasteiger partial charge in [0.1, 0.15) is 18.0 Å². The average Bonchev–Trinajstić information content (AvgIpc) is 3.11. The molecule has 2 heterocycles. The van der Waals surface area contributed by atoms with Crippen LogP contribution in [0.3, 0.4) is 0 Å². The van der Waals surface area contributed by atoms with Crippen LogP contribution in [0, 0.1) is 5.82 Å². The summed E-state index contributed by atoms with van der Waals surface area (Å²) in [6, 6.07) is 8.98. The lowest BCUT2D eigenvalue weighted by Crippen LogP contribution is -2.15. The van der Waals surface area contributed by atoms with Gasteiger partial charge in [0.2, 0.25) is 0 Å². The van der Waals surface area contributed by atoms with E-state index in [0.717, 1.165) is 12.1 Å². The minimum Gasteiger partial charge on any atom is -0.478 e. The maximum atomic E-state index is 13.7. The Morgan fingerprint density at radius 1 is 1.13 bits per heavy atom. The van der Waals surface area contributed by atoms with Crippen LogP contribution in [0.25, 0.3) is 0 Å². The first-order valence-electron chi connectivity index (χ1n) is 9.02. The molecule has 0 saturated heterocycles. The third-order valence-electron chi connectivity index (χ3n) is 4.91. The van der Waals surface area contributed by atoms with Crippen molar-refractivity contribution in [2.24, 2.45) is 0 Å². The lowest BCUT2D eigenvalue weighted by molar-refractivity contribution is -0.137. The van der Waals surface area contributed by atoms with E-state index in [4.69, 9.17) is 0 Å². The van der Waals surface area contributed by atoms with Gasteiger partial charge in [-0.25, -0.2) is 19.2 Å². The molecule has 0 spiro atoms. The van der Waals surface area contributed by atoms with Crippen LogP contribution >= 0.6 is 0 Å². The standard InChI is InChI=1S/C21H15F4N3O2/c22-14-7-12(6-13(9-14)21(23,24)25)8-15-10-19(27-11-26-15)28-5-4-16-17(20(29)30)2-1-3-18(16)28/h1-3,6-7,9-11H,4-5,8H2,(H,29,30).